The molecule has 0 spiro atoms. The van der Waals surface area contributed by atoms with Gasteiger partial charge in [0.25, 0.3) is 0 Å². The Morgan fingerprint density at radius 2 is 1.93 bits per heavy atom. The fourth-order valence-electron chi connectivity index (χ4n) is 4.23. The third-order valence-electron chi connectivity index (χ3n) is 5.83. The number of amides is 1. The van der Waals surface area contributed by atoms with Gasteiger partial charge in [-0.1, -0.05) is 6.92 Å². The number of rotatable bonds is 7. The van der Waals surface area contributed by atoms with Gasteiger partial charge >= 0.3 is 0 Å². The number of hydrogen-bond acceptors (Lipinski definition) is 6. The van der Waals surface area contributed by atoms with Gasteiger partial charge in [-0.2, -0.15) is 4.31 Å². The third-order valence-corrected chi connectivity index (χ3v) is 9.46. The van der Waals surface area contributed by atoms with Gasteiger partial charge in [-0.05, 0) is 49.9 Å². The van der Waals surface area contributed by atoms with Crippen molar-refractivity contribution in [2.24, 2.45) is 5.92 Å². The molecule has 30 heavy (non-hydrogen) atoms. The first-order chi connectivity index (χ1) is 14.2. The van der Waals surface area contributed by atoms with Crippen LogP contribution in [0.4, 0.5) is 0 Å². The van der Waals surface area contributed by atoms with Crippen molar-refractivity contribution in [2.45, 2.75) is 43.5 Å². The summed E-state index contributed by atoms with van der Waals surface area (Å²) in [5, 5.41) is 0. The molecule has 2 aliphatic rings. The van der Waals surface area contributed by atoms with Gasteiger partial charge in [0.2, 0.25) is 15.9 Å². The van der Waals surface area contributed by atoms with Crippen LogP contribution in [-0.2, 0) is 24.7 Å². The molecule has 168 valence electrons. The number of hydrogen-bond donors (Lipinski definition) is 0. The minimum Gasteiger partial charge on any atom is -0.497 e. The molecule has 0 N–H and O–H groups in total. The van der Waals surface area contributed by atoms with Crippen LogP contribution in [0.25, 0.3) is 0 Å². The first-order valence-corrected chi connectivity index (χ1v) is 13.6. The van der Waals surface area contributed by atoms with Crippen LogP contribution in [-0.4, -0.2) is 76.2 Å². The summed E-state index contributed by atoms with van der Waals surface area (Å²) < 4.78 is 56.4. The Kier molecular flexibility index (Phi) is 7.09. The van der Waals surface area contributed by atoms with E-state index in [4.69, 9.17) is 4.74 Å². The van der Waals surface area contributed by atoms with Gasteiger partial charge in [-0.25, -0.2) is 16.8 Å². The normalized spacial score (nSPS) is 24.5. The predicted octanol–water partition coefficient (Wildman–Crippen LogP) is 1.52. The largest absolute Gasteiger partial charge is 0.497 e. The first-order valence-electron chi connectivity index (χ1n) is 10.3. The summed E-state index contributed by atoms with van der Waals surface area (Å²) in [6.07, 6.45) is 2.37. The van der Waals surface area contributed by atoms with Crippen molar-refractivity contribution in [3.63, 3.8) is 0 Å². The molecule has 10 heteroatoms. The minimum absolute atomic E-state index is 0.000673. The van der Waals surface area contributed by atoms with E-state index in [9.17, 15) is 21.6 Å². The lowest BCUT2D eigenvalue weighted by molar-refractivity contribution is -0.138. The van der Waals surface area contributed by atoms with E-state index in [2.05, 4.69) is 0 Å². The van der Waals surface area contributed by atoms with Gasteiger partial charge in [0.05, 0.1) is 29.4 Å². The van der Waals surface area contributed by atoms with Crippen LogP contribution in [0.2, 0.25) is 0 Å². The number of nitrogens with zero attached hydrogens (tertiary/aromatic N) is 2. The van der Waals surface area contributed by atoms with Crippen LogP contribution in [0, 0.1) is 5.92 Å². The number of sulfone groups is 1. The van der Waals surface area contributed by atoms with E-state index in [1.54, 1.807) is 17.0 Å². The standard InChI is InChI=1S/C20H30N2O6S2/c1-3-11-22(17-10-13-29(24,25)15-17)20(23)16-5-4-12-21(14-16)30(26,27)19-8-6-18(28-2)7-9-19/h6-9,16-17H,3-5,10-15H2,1-2H3/t16-,17-/m0/s1. The van der Waals surface area contributed by atoms with E-state index in [0.29, 0.717) is 38.1 Å². The molecule has 0 bridgehead atoms. The van der Waals surface area contributed by atoms with E-state index in [1.807, 2.05) is 6.92 Å². The van der Waals surface area contributed by atoms with Crippen LogP contribution >= 0.6 is 0 Å². The van der Waals surface area contributed by atoms with E-state index in [-0.39, 0.29) is 34.9 Å². The highest BCUT2D eigenvalue weighted by molar-refractivity contribution is 7.91. The zero-order chi connectivity index (χ0) is 21.9. The highest BCUT2D eigenvalue weighted by Gasteiger charge is 2.39. The smallest absolute Gasteiger partial charge is 0.243 e. The molecule has 0 aromatic heterocycles. The fraction of sp³-hybridized carbons (Fsp3) is 0.650. The minimum atomic E-state index is -3.72. The predicted molar refractivity (Wildman–Crippen MR) is 114 cm³/mol. The molecule has 3 rings (SSSR count). The maximum Gasteiger partial charge on any atom is 0.243 e. The first kappa shape index (κ1) is 23.0. The number of ether oxygens (including phenoxy) is 1. The summed E-state index contributed by atoms with van der Waals surface area (Å²) in [7, 11) is -5.31. The van der Waals surface area contributed by atoms with Gasteiger partial charge in [0.1, 0.15) is 5.75 Å². The molecule has 0 unspecified atom stereocenters. The Bertz CT molecular complexity index is 960. The second-order valence-corrected chi connectivity index (χ2v) is 12.1. The molecule has 2 saturated heterocycles. The number of carbonyl (C=O) groups is 1. The van der Waals surface area contributed by atoms with Crippen molar-refractivity contribution in [3.05, 3.63) is 24.3 Å². The van der Waals surface area contributed by atoms with Gasteiger partial charge < -0.3 is 9.64 Å². The maximum absolute atomic E-state index is 13.3. The van der Waals surface area contributed by atoms with Gasteiger partial charge in [0.15, 0.2) is 9.84 Å². The molecular weight excluding hydrogens is 428 g/mol. The molecule has 2 aliphatic heterocycles. The van der Waals surface area contributed by atoms with Crippen molar-refractivity contribution < 1.29 is 26.4 Å². The molecule has 1 aromatic carbocycles. The Morgan fingerprint density at radius 3 is 2.50 bits per heavy atom. The second kappa shape index (κ2) is 9.23. The third kappa shape index (κ3) is 4.97. The second-order valence-electron chi connectivity index (χ2n) is 7.97. The molecule has 2 heterocycles. The Hall–Kier alpha value is -1.65. The molecule has 1 amide bonds. The maximum atomic E-state index is 13.3. The van der Waals surface area contributed by atoms with Crippen molar-refractivity contribution in [3.8, 4) is 5.75 Å². The summed E-state index contributed by atoms with van der Waals surface area (Å²) >= 11 is 0. The van der Waals surface area contributed by atoms with Gasteiger partial charge in [0, 0.05) is 25.7 Å². The summed E-state index contributed by atoms with van der Waals surface area (Å²) in [5.41, 5.74) is 0. The lowest BCUT2D eigenvalue weighted by Crippen LogP contribution is -2.50. The molecule has 0 radical (unpaired) electrons. The van der Waals surface area contributed by atoms with Gasteiger partial charge in [-0.15, -0.1) is 0 Å². The van der Waals surface area contributed by atoms with E-state index in [0.717, 1.165) is 6.42 Å². The average Bonchev–Trinajstić information content (AvgIpc) is 3.11. The molecule has 2 fully saturated rings. The SMILES string of the molecule is CCCN(C(=O)[C@H]1CCCN(S(=O)(=O)c2ccc(OC)cc2)C1)[C@H]1CCS(=O)(=O)C1. The van der Waals surface area contributed by atoms with Crippen LogP contribution in [0.1, 0.15) is 32.6 Å². The van der Waals surface area contributed by atoms with Crippen molar-refractivity contribution in [1.82, 2.24) is 9.21 Å². The van der Waals surface area contributed by atoms with Crippen molar-refractivity contribution in [1.29, 1.82) is 0 Å². The van der Waals surface area contributed by atoms with Gasteiger partial charge in [-0.3, -0.25) is 4.79 Å². The fourth-order valence-corrected chi connectivity index (χ4v) is 7.48. The number of piperidine rings is 1. The van der Waals surface area contributed by atoms with Crippen LogP contribution in [0.3, 0.4) is 0 Å². The summed E-state index contributed by atoms with van der Waals surface area (Å²) in [5.74, 6) is 0.0882. The highest BCUT2D eigenvalue weighted by Crippen LogP contribution is 2.28. The number of benzene rings is 1. The zero-order valence-corrected chi connectivity index (χ0v) is 19.1. The molecule has 1 aromatic rings. The monoisotopic (exact) mass is 458 g/mol. The number of carbonyl (C=O) groups excluding carboxylic acids is 1. The lowest BCUT2D eigenvalue weighted by atomic mass is 9.97. The lowest BCUT2D eigenvalue weighted by Gasteiger charge is -2.36. The Labute approximate surface area is 179 Å². The van der Waals surface area contributed by atoms with Crippen LogP contribution in [0.15, 0.2) is 29.2 Å². The topological polar surface area (TPSA) is 101 Å². The summed E-state index contributed by atoms with van der Waals surface area (Å²) in [6.45, 7) is 2.92. The van der Waals surface area contributed by atoms with Crippen LogP contribution in [0.5, 0.6) is 5.75 Å². The van der Waals surface area contributed by atoms with Crippen molar-refractivity contribution in [2.75, 3.05) is 38.2 Å². The average molecular weight is 459 g/mol. The molecule has 0 saturated carbocycles. The van der Waals surface area contributed by atoms with E-state index >= 15 is 0 Å². The summed E-state index contributed by atoms with van der Waals surface area (Å²) in [6, 6.07) is 5.90. The Balaban J connectivity index is 1.75. The highest BCUT2D eigenvalue weighted by atomic mass is 32.2. The zero-order valence-electron chi connectivity index (χ0n) is 17.5. The summed E-state index contributed by atoms with van der Waals surface area (Å²) in [4.78, 5) is 15.1. The van der Waals surface area contributed by atoms with E-state index in [1.165, 1.54) is 23.5 Å². The molecule has 0 aliphatic carbocycles. The molecular formula is C20H30N2O6S2. The molecule has 2 atom stereocenters. The molecule has 8 nitrogen and oxygen atoms in total. The Morgan fingerprint density at radius 1 is 1.23 bits per heavy atom. The number of sulfonamides is 1. The van der Waals surface area contributed by atoms with Crippen molar-refractivity contribution >= 4 is 25.8 Å². The number of methoxy groups -OCH3 is 1. The van der Waals surface area contributed by atoms with Crippen LogP contribution < -0.4 is 4.74 Å². The van der Waals surface area contributed by atoms with E-state index < -0.39 is 25.8 Å². The quantitative estimate of drug-likeness (QED) is 0.614.